The molecule has 3 aromatic carbocycles. The van der Waals surface area contributed by atoms with Crippen LogP contribution in [0.25, 0.3) is 0 Å². The van der Waals surface area contributed by atoms with Crippen molar-refractivity contribution in [2.24, 2.45) is 5.92 Å². The summed E-state index contributed by atoms with van der Waals surface area (Å²) in [5, 5.41) is 13.5. The number of imidazole rings is 1. The highest BCUT2D eigenvalue weighted by atomic mass is 35.5. The van der Waals surface area contributed by atoms with Gasteiger partial charge in [0, 0.05) is 25.3 Å². The van der Waals surface area contributed by atoms with Gasteiger partial charge in [0.15, 0.2) is 5.15 Å². The second-order valence-corrected chi connectivity index (χ2v) is 10.5. The van der Waals surface area contributed by atoms with Gasteiger partial charge in [0.1, 0.15) is 5.82 Å². The number of amides is 1. The number of benzene rings is 3. The highest BCUT2D eigenvalue weighted by molar-refractivity contribution is 6.30. The number of aryl methyl sites for hydroxylation is 1. The molecule has 0 aliphatic carbocycles. The van der Waals surface area contributed by atoms with Crippen molar-refractivity contribution in [1.29, 1.82) is 0 Å². The molecular weight excluding hydrogens is 522 g/mol. The van der Waals surface area contributed by atoms with Crippen molar-refractivity contribution in [3.8, 4) is 0 Å². The van der Waals surface area contributed by atoms with Crippen LogP contribution in [0.4, 0.5) is 0 Å². The maximum atomic E-state index is 13.4. The van der Waals surface area contributed by atoms with Gasteiger partial charge in [-0.15, -0.1) is 0 Å². The molecule has 0 bridgehead atoms. The minimum absolute atomic E-state index is 0.154. The average Bonchev–Trinajstić information content (AvgIpc) is 3.32. The number of hydrogen-bond acceptors (Lipinski definition) is 3. The molecule has 2 atom stereocenters. The molecule has 4 rings (SSSR count). The summed E-state index contributed by atoms with van der Waals surface area (Å²) >= 11 is 6.35. The van der Waals surface area contributed by atoms with E-state index in [1.807, 2.05) is 72.8 Å². The zero-order valence-electron chi connectivity index (χ0n) is 22.8. The second-order valence-electron chi connectivity index (χ2n) is 10.2. The molecule has 0 fully saturated rings. The van der Waals surface area contributed by atoms with E-state index >= 15 is 0 Å². The number of carbonyl (C=O) groups is 2. The van der Waals surface area contributed by atoms with Gasteiger partial charge in [0.25, 0.3) is 0 Å². The van der Waals surface area contributed by atoms with Crippen LogP contribution < -0.4 is 5.32 Å². The summed E-state index contributed by atoms with van der Waals surface area (Å²) in [7, 11) is 0. The third kappa shape index (κ3) is 8.30. The lowest BCUT2D eigenvalue weighted by molar-refractivity contribution is -0.139. The summed E-state index contributed by atoms with van der Waals surface area (Å²) in [5.41, 5.74) is 4.67. The minimum atomic E-state index is -0.928. The maximum Gasteiger partial charge on any atom is 0.310 e. The monoisotopic (exact) mass is 557 g/mol. The fourth-order valence-corrected chi connectivity index (χ4v) is 5.08. The number of carbonyl (C=O) groups excluding carboxylic acids is 1. The van der Waals surface area contributed by atoms with Crippen LogP contribution in [0.3, 0.4) is 0 Å². The van der Waals surface area contributed by atoms with Crippen molar-refractivity contribution in [3.63, 3.8) is 0 Å². The first-order valence-corrected chi connectivity index (χ1v) is 14.2. The summed E-state index contributed by atoms with van der Waals surface area (Å²) in [5.74, 6) is -1.42. The van der Waals surface area contributed by atoms with Crippen molar-refractivity contribution in [1.82, 2.24) is 15.3 Å². The van der Waals surface area contributed by atoms with E-state index in [9.17, 15) is 14.7 Å². The lowest BCUT2D eigenvalue weighted by Crippen LogP contribution is -2.33. The number of carboxylic acids is 1. The molecular formula is C33H36ClN3O3. The number of nitrogens with zero attached hydrogens (tertiary/aromatic N) is 1. The number of hydrogen-bond donors (Lipinski definition) is 3. The Bertz CT molecular complexity index is 1370. The number of H-pyrrole nitrogens is 1. The van der Waals surface area contributed by atoms with Gasteiger partial charge in [-0.2, -0.15) is 0 Å². The standard InChI is InChI=1S/C33H36ClN3O3/c1-2-3-14-30-36-29(31(34)37-30)20-24-15-17-25(18-16-24)22-35-32(38)27(19-23-10-6-4-7-11-23)21-28(33(39)40)26-12-8-5-9-13-26/h4-13,15-18,27-28H,2-3,14,19-22H2,1H3,(H,35,38)(H,36,37)(H,39,40)/t27?,28-/m1/s1. The molecule has 1 amide bonds. The zero-order chi connectivity index (χ0) is 28.3. The maximum absolute atomic E-state index is 13.4. The second kappa shape index (κ2) is 14.5. The Labute approximate surface area is 240 Å². The number of halogens is 1. The van der Waals surface area contributed by atoms with Crippen molar-refractivity contribution >= 4 is 23.5 Å². The molecule has 0 spiro atoms. The number of aromatic nitrogens is 2. The van der Waals surface area contributed by atoms with Crippen molar-refractivity contribution in [2.45, 2.75) is 57.9 Å². The Morgan fingerprint density at radius 3 is 2.23 bits per heavy atom. The summed E-state index contributed by atoms with van der Waals surface area (Å²) in [6.07, 6.45) is 4.39. The normalized spacial score (nSPS) is 12.6. The molecule has 1 heterocycles. The summed E-state index contributed by atoms with van der Waals surface area (Å²) in [4.78, 5) is 33.4. The molecule has 0 saturated heterocycles. The van der Waals surface area contributed by atoms with Crippen LogP contribution in [0, 0.1) is 5.92 Å². The third-order valence-electron chi connectivity index (χ3n) is 7.13. The molecule has 1 aromatic heterocycles. The molecule has 3 N–H and O–H groups in total. The lowest BCUT2D eigenvalue weighted by Gasteiger charge is -2.21. The Morgan fingerprint density at radius 2 is 1.57 bits per heavy atom. The lowest BCUT2D eigenvalue weighted by atomic mass is 9.85. The van der Waals surface area contributed by atoms with E-state index in [0.29, 0.717) is 30.1 Å². The Hall–Kier alpha value is -3.90. The first-order valence-electron chi connectivity index (χ1n) is 13.8. The molecule has 7 heteroatoms. The Balaban J connectivity index is 1.41. The molecule has 4 aromatic rings. The number of unbranched alkanes of at least 4 members (excludes halogenated alkanes) is 1. The molecule has 0 radical (unpaired) electrons. The first kappa shape index (κ1) is 29.1. The predicted octanol–water partition coefficient (Wildman–Crippen LogP) is 6.73. The smallest absolute Gasteiger partial charge is 0.310 e. The molecule has 0 aliphatic heterocycles. The predicted molar refractivity (Wildman–Crippen MR) is 158 cm³/mol. The first-order chi connectivity index (χ1) is 19.4. The van der Waals surface area contributed by atoms with E-state index in [0.717, 1.165) is 47.5 Å². The molecule has 40 heavy (non-hydrogen) atoms. The van der Waals surface area contributed by atoms with Gasteiger partial charge in [0.2, 0.25) is 5.91 Å². The van der Waals surface area contributed by atoms with Gasteiger partial charge >= 0.3 is 5.97 Å². The van der Waals surface area contributed by atoms with Gasteiger partial charge in [-0.1, -0.05) is 110 Å². The van der Waals surface area contributed by atoms with Gasteiger partial charge in [-0.05, 0) is 41.5 Å². The molecule has 6 nitrogen and oxygen atoms in total. The number of nitrogens with one attached hydrogen (secondary N) is 2. The van der Waals surface area contributed by atoms with Crippen LogP contribution in [0.5, 0.6) is 0 Å². The van der Waals surface area contributed by atoms with E-state index in [4.69, 9.17) is 11.6 Å². The Morgan fingerprint density at radius 1 is 0.925 bits per heavy atom. The van der Waals surface area contributed by atoms with E-state index in [1.165, 1.54) is 0 Å². The van der Waals surface area contributed by atoms with E-state index in [-0.39, 0.29) is 12.3 Å². The van der Waals surface area contributed by atoms with Crippen molar-refractivity contribution in [2.75, 3.05) is 0 Å². The summed E-state index contributed by atoms with van der Waals surface area (Å²) < 4.78 is 0. The molecule has 0 aliphatic rings. The minimum Gasteiger partial charge on any atom is -0.481 e. The number of rotatable bonds is 14. The van der Waals surface area contributed by atoms with Gasteiger partial charge in [-0.3, -0.25) is 9.59 Å². The number of aliphatic carboxylic acids is 1. The van der Waals surface area contributed by atoms with E-state index in [2.05, 4.69) is 22.2 Å². The van der Waals surface area contributed by atoms with Crippen LogP contribution in [-0.2, 0) is 35.4 Å². The van der Waals surface area contributed by atoms with Crippen LogP contribution in [0.1, 0.15) is 65.9 Å². The van der Waals surface area contributed by atoms with Crippen LogP contribution in [-0.4, -0.2) is 27.0 Å². The van der Waals surface area contributed by atoms with Crippen molar-refractivity contribution in [3.05, 3.63) is 124 Å². The SMILES string of the molecule is CCCCc1nc(Cl)c(Cc2ccc(CNC(=O)C(Cc3ccccc3)C[C@@H](C(=O)O)c3ccccc3)cc2)[nH]1. The molecule has 0 saturated carbocycles. The fraction of sp³-hybridized carbons (Fsp3) is 0.303. The van der Waals surface area contributed by atoms with Gasteiger partial charge in [0.05, 0.1) is 11.6 Å². The van der Waals surface area contributed by atoms with Gasteiger partial charge < -0.3 is 15.4 Å². The number of carboxylic acid groups (broad SMARTS) is 1. The highest BCUT2D eigenvalue weighted by Crippen LogP contribution is 2.27. The van der Waals surface area contributed by atoms with Gasteiger partial charge in [-0.25, -0.2) is 4.98 Å². The molecule has 208 valence electrons. The molecule has 1 unspecified atom stereocenters. The third-order valence-corrected chi connectivity index (χ3v) is 7.44. The fourth-order valence-electron chi connectivity index (χ4n) is 4.86. The van der Waals surface area contributed by atoms with E-state index in [1.54, 1.807) is 12.1 Å². The van der Waals surface area contributed by atoms with Crippen LogP contribution in [0.15, 0.2) is 84.9 Å². The Kier molecular flexibility index (Phi) is 10.5. The topological polar surface area (TPSA) is 95.1 Å². The largest absolute Gasteiger partial charge is 0.481 e. The quantitative estimate of drug-likeness (QED) is 0.160. The average molecular weight is 558 g/mol. The van der Waals surface area contributed by atoms with Crippen LogP contribution >= 0.6 is 11.6 Å². The summed E-state index contributed by atoms with van der Waals surface area (Å²) in [6.45, 7) is 2.51. The zero-order valence-corrected chi connectivity index (χ0v) is 23.5. The highest BCUT2D eigenvalue weighted by Gasteiger charge is 2.28. The van der Waals surface area contributed by atoms with E-state index < -0.39 is 17.8 Å². The number of aromatic amines is 1. The summed E-state index contributed by atoms with van der Waals surface area (Å²) in [6, 6.07) is 26.9. The van der Waals surface area contributed by atoms with Crippen molar-refractivity contribution < 1.29 is 14.7 Å². The van der Waals surface area contributed by atoms with Crippen LogP contribution in [0.2, 0.25) is 5.15 Å².